The first kappa shape index (κ1) is 12.9. The molecule has 0 aliphatic heterocycles. The fourth-order valence-electron chi connectivity index (χ4n) is 2.11. The number of hydrogen-bond acceptors (Lipinski definition) is 2. The van der Waals surface area contributed by atoms with E-state index in [0.717, 1.165) is 0 Å². The van der Waals surface area contributed by atoms with Crippen molar-refractivity contribution in [3.63, 3.8) is 0 Å². The smallest absolute Gasteiger partial charge is 0.321 e. The second-order valence-corrected chi connectivity index (χ2v) is 5.95. The van der Waals surface area contributed by atoms with Gasteiger partial charge in [-0.25, -0.2) is 4.79 Å². The van der Waals surface area contributed by atoms with Crippen molar-refractivity contribution in [3.05, 3.63) is 59.0 Å². The predicted octanol–water partition coefficient (Wildman–Crippen LogP) is 1.12. The maximum Gasteiger partial charge on any atom is 0.356 e. The number of H-pyrrole nitrogens is 1. The van der Waals surface area contributed by atoms with Gasteiger partial charge in [0, 0.05) is 0 Å². The number of benzene rings is 2. The van der Waals surface area contributed by atoms with Crippen molar-refractivity contribution >= 4 is 23.9 Å². The fraction of sp³-hybridized carbons (Fsp3) is 0. The summed E-state index contributed by atoms with van der Waals surface area (Å²) in [6.45, 7) is 0. The molecule has 6 nitrogen and oxygen atoms in total. The van der Waals surface area contributed by atoms with Crippen LogP contribution in [-0.2, 0) is 4.57 Å². The fourth-order valence-corrected chi connectivity index (χ4v) is 2.64. The largest absolute Gasteiger partial charge is 0.356 e. The SMILES string of the molecule is O=c1[nH]c2ccccc2n1-c1ccc(P(=O)(O)O)cc1. The van der Waals surface area contributed by atoms with E-state index in [-0.39, 0.29) is 11.0 Å². The van der Waals surface area contributed by atoms with Crippen molar-refractivity contribution < 1.29 is 14.4 Å². The van der Waals surface area contributed by atoms with Crippen LogP contribution in [0, 0.1) is 0 Å². The predicted molar refractivity (Wildman–Crippen MR) is 75.6 cm³/mol. The molecule has 0 bridgehead atoms. The van der Waals surface area contributed by atoms with Crippen molar-refractivity contribution in [2.75, 3.05) is 0 Å². The van der Waals surface area contributed by atoms with E-state index in [1.807, 2.05) is 12.1 Å². The zero-order chi connectivity index (χ0) is 14.3. The van der Waals surface area contributed by atoms with Gasteiger partial charge >= 0.3 is 13.3 Å². The van der Waals surface area contributed by atoms with Gasteiger partial charge in [-0.1, -0.05) is 12.1 Å². The molecule has 20 heavy (non-hydrogen) atoms. The van der Waals surface area contributed by atoms with E-state index in [0.29, 0.717) is 16.7 Å². The van der Waals surface area contributed by atoms with Crippen LogP contribution in [0.1, 0.15) is 0 Å². The van der Waals surface area contributed by atoms with Crippen LogP contribution >= 0.6 is 7.60 Å². The summed E-state index contributed by atoms with van der Waals surface area (Å²) in [5.74, 6) is 0. The Bertz CT molecular complexity index is 873. The minimum Gasteiger partial charge on any atom is -0.321 e. The van der Waals surface area contributed by atoms with Crippen molar-refractivity contribution in [2.24, 2.45) is 0 Å². The number of imidazole rings is 1. The lowest BCUT2D eigenvalue weighted by Crippen LogP contribution is -2.15. The third-order valence-electron chi connectivity index (χ3n) is 3.03. The highest BCUT2D eigenvalue weighted by Crippen LogP contribution is 2.33. The summed E-state index contributed by atoms with van der Waals surface area (Å²) in [4.78, 5) is 32.8. The van der Waals surface area contributed by atoms with Crippen molar-refractivity contribution in [1.82, 2.24) is 9.55 Å². The Kier molecular flexibility index (Phi) is 2.87. The van der Waals surface area contributed by atoms with Gasteiger partial charge in [0.15, 0.2) is 0 Å². The Hall–Kier alpha value is -2.14. The van der Waals surface area contributed by atoms with E-state index in [1.165, 1.54) is 28.8 Å². The minimum atomic E-state index is -4.27. The average Bonchev–Trinajstić information content (AvgIpc) is 2.73. The molecule has 0 radical (unpaired) electrons. The standard InChI is InChI=1S/C13H11N2O4P/c16-13-14-11-3-1-2-4-12(11)15(13)9-5-7-10(8-6-9)20(17,18)19/h1-8H,(H,14,16)(H2,17,18,19). The molecule has 2 aromatic carbocycles. The van der Waals surface area contributed by atoms with Gasteiger partial charge in [0.25, 0.3) is 0 Å². The summed E-state index contributed by atoms with van der Waals surface area (Å²) in [7, 11) is -4.27. The summed E-state index contributed by atoms with van der Waals surface area (Å²) in [6, 6.07) is 12.9. The third kappa shape index (κ3) is 2.10. The molecule has 3 aromatic rings. The lowest BCUT2D eigenvalue weighted by atomic mass is 10.3. The normalized spacial score (nSPS) is 11.9. The molecule has 0 aliphatic rings. The summed E-state index contributed by atoms with van der Waals surface area (Å²) in [5.41, 5.74) is 1.66. The van der Waals surface area contributed by atoms with Crippen LogP contribution in [0.5, 0.6) is 0 Å². The van der Waals surface area contributed by atoms with Crippen LogP contribution in [0.25, 0.3) is 16.7 Å². The highest BCUT2D eigenvalue weighted by molar-refractivity contribution is 7.60. The Labute approximate surface area is 113 Å². The number of rotatable bonds is 2. The summed E-state index contributed by atoms with van der Waals surface area (Å²) in [6.07, 6.45) is 0. The Morgan fingerprint density at radius 3 is 2.30 bits per heavy atom. The lowest BCUT2D eigenvalue weighted by molar-refractivity contribution is 0.387. The van der Waals surface area contributed by atoms with Crippen molar-refractivity contribution in [2.45, 2.75) is 0 Å². The van der Waals surface area contributed by atoms with Gasteiger partial charge < -0.3 is 14.8 Å². The highest BCUT2D eigenvalue weighted by atomic mass is 31.2. The van der Waals surface area contributed by atoms with Crippen LogP contribution in [0.15, 0.2) is 53.3 Å². The van der Waals surface area contributed by atoms with Crippen LogP contribution in [0.4, 0.5) is 0 Å². The molecule has 3 rings (SSSR count). The number of hydrogen-bond donors (Lipinski definition) is 3. The molecule has 0 saturated carbocycles. The van der Waals surface area contributed by atoms with Crippen LogP contribution in [0.3, 0.4) is 0 Å². The second-order valence-electron chi connectivity index (χ2n) is 4.34. The molecule has 0 fully saturated rings. The van der Waals surface area contributed by atoms with Gasteiger partial charge in [0.1, 0.15) is 0 Å². The first-order valence-electron chi connectivity index (χ1n) is 5.83. The summed E-state index contributed by atoms with van der Waals surface area (Å²) < 4.78 is 12.6. The summed E-state index contributed by atoms with van der Waals surface area (Å²) >= 11 is 0. The molecule has 0 spiro atoms. The molecule has 102 valence electrons. The first-order valence-corrected chi connectivity index (χ1v) is 7.44. The minimum absolute atomic E-state index is 0.0749. The molecule has 0 aliphatic carbocycles. The van der Waals surface area contributed by atoms with Gasteiger partial charge in [0.05, 0.1) is 22.0 Å². The zero-order valence-corrected chi connectivity index (χ0v) is 11.1. The topological polar surface area (TPSA) is 95.3 Å². The molecule has 0 saturated heterocycles. The van der Waals surface area contributed by atoms with E-state index in [9.17, 15) is 9.36 Å². The monoisotopic (exact) mass is 290 g/mol. The Morgan fingerprint density at radius 1 is 1.00 bits per heavy atom. The molecule has 3 N–H and O–H groups in total. The number of para-hydroxylation sites is 2. The van der Waals surface area contributed by atoms with Crippen LogP contribution in [0.2, 0.25) is 0 Å². The van der Waals surface area contributed by atoms with Crippen molar-refractivity contribution in [3.8, 4) is 5.69 Å². The number of nitrogens with zero attached hydrogens (tertiary/aromatic N) is 1. The number of aromatic amines is 1. The molecule has 7 heteroatoms. The maximum absolute atomic E-state index is 12.0. The van der Waals surface area contributed by atoms with E-state index in [2.05, 4.69) is 4.98 Å². The molecular formula is C13H11N2O4P. The molecule has 1 heterocycles. The van der Waals surface area contributed by atoms with Gasteiger partial charge in [-0.2, -0.15) is 0 Å². The molecule has 0 atom stereocenters. The van der Waals surface area contributed by atoms with Gasteiger partial charge in [-0.15, -0.1) is 0 Å². The Morgan fingerprint density at radius 2 is 1.65 bits per heavy atom. The molecule has 0 amide bonds. The van der Waals surface area contributed by atoms with Gasteiger partial charge in [-0.05, 0) is 36.4 Å². The maximum atomic E-state index is 12.0. The second kappa shape index (κ2) is 4.45. The van der Waals surface area contributed by atoms with Crippen molar-refractivity contribution in [1.29, 1.82) is 0 Å². The van der Waals surface area contributed by atoms with E-state index in [4.69, 9.17) is 9.79 Å². The summed E-state index contributed by atoms with van der Waals surface area (Å²) in [5, 5.41) is -0.0749. The molecular weight excluding hydrogens is 279 g/mol. The Balaban J connectivity index is 2.19. The third-order valence-corrected chi connectivity index (χ3v) is 4.00. The van der Waals surface area contributed by atoms with E-state index < -0.39 is 7.60 Å². The van der Waals surface area contributed by atoms with Crippen LogP contribution in [-0.4, -0.2) is 19.3 Å². The number of aromatic nitrogens is 2. The molecule has 0 unspecified atom stereocenters. The quantitative estimate of drug-likeness (QED) is 0.616. The number of nitrogens with one attached hydrogen (secondary N) is 1. The number of fused-ring (bicyclic) bond motifs is 1. The first-order chi connectivity index (χ1) is 9.47. The van der Waals surface area contributed by atoms with E-state index in [1.54, 1.807) is 12.1 Å². The molecule has 1 aromatic heterocycles. The zero-order valence-electron chi connectivity index (χ0n) is 10.2. The lowest BCUT2D eigenvalue weighted by Gasteiger charge is -2.06. The van der Waals surface area contributed by atoms with Gasteiger partial charge in [0.2, 0.25) is 0 Å². The highest BCUT2D eigenvalue weighted by Gasteiger charge is 2.17. The van der Waals surface area contributed by atoms with Crippen LogP contribution < -0.4 is 11.0 Å². The average molecular weight is 290 g/mol. The van der Waals surface area contributed by atoms with E-state index >= 15 is 0 Å². The van der Waals surface area contributed by atoms with Gasteiger partial charge in [-0.3, -0.25) is 9.13 Å².